The second-order valence-electron chi connectivity index (χ2n) is 4.24. The molecule has 0 spiro atoms. The van der Waals surface area contributed by atoms with E-state index in [0.717, 1.165) is 25.7 Å². The summed E-state index contributed by atoms with van der Waals surface area (Å²) in [6, 6.07) is -1.12. The minimum Gasteiger partial charge on any atom is -0.353 e. The van der Waals surface area contributed by atoms with E-state index in [1.54, 1.807) is 0 Å². The van der Waals surface area contributed by atoms with Crippen LogP contribution in [0.5, 0.6) is 0 Å². The van der Waals surface area contributed by atoms with Crippen molar-refractivity contribution in [3.63, 3.8) is 0 Å². The van der Waals surface area contributed by atoms with E-state index in [1.165, 1.54) is 0 Å². The summed E-state index contributed by atoms with van der Waals surface area (Å²) in [5.74, 6) is -0.302. The predicted octanol–water partition coefficient (Wildman–Crippen LogP) is -0.499. The highest BCUT2D eigenvalue weighted by Crippen LogP contribution is 2.24. The molecule has 0 bridgehead atoms. The zero-order valence-electron chi connectivity index (χ0n) is 8.91. The summed E-state index contributed by atoms with van der Waals surface area (Å²) in [7, 11) is 0. The van der Waals surface area contributed by atoms with Gasteiger partial charge in [-0.1, -0.05) is 12.8 Å². The van der Waals surface area contributed by atoms with Crippen LogP contribution < -0.4 is 16.0 Å². The zero-order chi connectivity index (χ0) is 11.5. The van der Waals surface area contributed by atoms with Gasteiger partial charge in [-0.25, -0.2) is 4.79 Å². The Balaban J connectivity index is 1.76. The highest BCUT2D eigenvalue weighted by Gasteiger charge is 2.30. The standard InChI is InChI=1S/C10H15N3O3/c14-8(6-3-1-2-4-6)11-5-7-9(15)13-10(16)12-7/h6-7H,1-5H2,(H,11,14)(H2,12,13,15,16). The second kappa shape index (κ2) is 4.51. The van der Waals surface area contributed by atoms with Crippen molar-refractivity contribution in [1.82, 2.24) is 16.0 Å². The average Bonchev–Trinajstić information content (AvgIpc) is 2.84. The summed E-state index contributed by atoms with van der Waals surface area (Å²) in [5, 5.41) is 7.26. The molecule has 1 saturated heterocycles. The van der Waals surface area contributed by atoms with Gasteiger partial charge in [-0.2, -0.15) is 0 Å². The summed E-state index contributed by atoms with van der Waals surface area (Å²) in [6.45, 7) is 0.174. The van der Waals surface area contributed by atoms with Crippen LogP contribution in [0.3, 0.4) is 0 Å². The van der Waals surface area contributed by atoms with E-state index >= 15 is 0 Å². The molecule has 0 radical (unpaired) electrons. The van der Waals surface area contributed by atoms with Crippen LogP contribution in [-0.4, -0.2) is 30.4 Å². The van der Waals surface area contributed by atoms with Gasteiger partial charge in [0.1, 0.15) is 6.04 Å². The van der Waals surface area contributed by atoms with Gasteiger partial charge in [0.25, 0.3) is 5.91 Å². The van der Waals surface area contributed by atoms with Crippen molar-refractivity contribution < 1.29 is 14.4 Å². The molecule has 2 rings (SSSR count). The average molecular weight is 225 g/mol. The number of imide groups is 1. The Morgan fingerprint density at radius 2 is 2.00 bits per heavy atom. The number of hydrogen-bond donors (Lipinski definition) is 3. The van der Waals surface area contributed by atoms with Crippen molar-refractivity contribution in [2.75, 3.05) is 6.54 Å². The third-order valence-electron chi connectivity index (χ3n) is 3.06. The lowest BCUT2D eigenvalue weighted by atomic mass is 10.1. The molecule has 1 aliphatic heterocycles. The van der Waals surface area contributed by atoms with Gasteiger partial charge < -0.3 is 10.6 Å². The van der Waals surface area contributed by atoms with Crippen LogP contribution >= 0.6 is 0 Å². The van der Waals surface area contributed by atoms with E-state index < -0.39 is 12.1 Å². The molecule has 6 nitrogen and oxygen atoms in total. The predicted molar refractivity (Wildman–Crippen MR) is 55.4 cm³/mol. The van der Waals surface area contributed by atoms with Gasteiger partial charge in [-0.05, 0) is 12.8 Å². The first kappa shape index (κ1) is 10.9. The Labute approximate surface area is 93.1 Å². The van der Waals surface area contributed by atoms with Gasteiger partial charge in [0.15, 0.2) is 0 Å². The molecule has 3 N–H and O–H groups in total. The summed E-state index contributed by atoms with van der Waals surface area (Å²) in [5.41, 5.74) is 0. The van der Waals surface area contributed by atoms with E-state index in [4.69, 9.17) is 0 Å². The summed E-state index contributed by atoms with van der Waals surface area (Å²) >= 11 is 0. The lowest BCUT2D eigenvalue weighted by Gasteiger charge is -2.12. The Hall–Kier alpha value is -1.59. The maximum absolute atomic E-state index is 11.6. The topological polar surface area (TPSA) is 87.3 Å². The maximum atomic E-state index is 11.6. The molecule has 88 valence electrons. The molecule has 4 amide bonds. The van der Waals surface area contributed by atoms with Crippen molar-refractivity contribution in [3.05, 3.63) is 0 Å². The van der Waals surface area contributed by atoms with Crippen LogP contribution in [0.15, 0.2) is 0 Å². The summed E-state index contributed by atoms with van der Waals surface area (Å²) in [6.07, 6.45) is 4.04. The van der Waals surface area contributed by atoms with Gasteiger partial charge in [0, 0.05) is 12.5 Å². The first-order valence-corrected chi connectivity index (χ1v) is 5.56. The minimum atomic E-state index is -0.627. The van der Waals surface area contributed by atoms with E-state index in [-0.39, 0.29) is 24.3 Å². The number of nitrogens with one attached hydrogen (secondary N) is 3. The third-order valence-corrected chi connectivity index (χ3v) is 3.06. The molecule has 6 heteroatoms. The first-order chi connectivity index (χ1) is 7.66. The molecule has 0 aromatic heterocycles. The van der Waals surface area contributed by atoms with Crippen LogP contribution in [0, 0.1) is 5.92 Å². The molecule has 1 saturated carbocycles. The van der Waals surface area contributed by atoms with Gasteiger partial charge >= 0.3 is 6.03 Å². The second-order valence-corrected chi connectivity index (χ2v) is 4.24. The fourth-order valence-corrected chi connectivity index (χ4v) is 2.14. The molecule has 1 unspecified atom stereocenters. The Morgan fingerprint density at radius 3 is 2.56 bits per heavy atom. The number of hydrogen-bond acceptors (Lipinski definition) is 3. The fourth-order valence-electron chi connectivity index (χ4n) is 2.14. The van der Waals surface area contributed by atoms with Crippen LogP contribution in [0.4, 0.5) is 4.79 Å². The van der Waals surface area contributed by atoms with Crippen LogP contribution in [0.2, 0.25) is 0 Å². The van der Waals surface area contributed by atoms with E-state index in [2.05, 4.69) is 16.0 Å². The number of carbonyl (C=O) groups excluding carboxylic acids is 3. The highest BCUT2D eigenvalue weighted by molar-refractivity contribution is 6.04. The van der Waals surface area contributed by atoms with Gasteiger partial charge in [-0.15, -0.1) is 0 Å². The molecule has 1 aliphatic carbocycles. The number of urea groups is 1. The zero-order valence-corrected chi connectivity index (χ0v) is 8.91. The molecule has 2 aliphatic rings. The van der Waals surface area contributed by atoms with Crippen molar-refractivity contribution in [2.24, 2.45) is 5.92 Å². The monoisotopic (exact) mass is 225 g/mol. The molecule has 1 atom stereocenters. The van der Waals surface area contributed by atoms with Gasteiger partial charge in [0.05, 0.1) is 0 Å². The summed E-state index contributed by atoms with van der Waals surface area (Å²) < 4.78 is 0. The van der Waals surface area contributed by atoms with Crippen molar-refractivity contribution >= 4 is 17.8 Å². The normalized spacial score (nSPS) is 25.4. The van der Waals surface area contributed by atoms with Crippen molar-refractivity contribution in [2.45, 2.75) is 31.7 Å². The Bertz CT molecular complexity index is 323. The van der Waals surface area contributed by atoms with Crippen molar-refractivity contribution in [1.29, 1.82) is 0 Å². The molecule has 16 heavy (non-hydrogen) atoms. The lowest BCUT2D eigenvalue weighted by molar-refractivity contribution is -0.125. The van der Waals surface area contributed by atoms with Crippen LogP contribution in [0.1, 0.15) is 25.7 Å². The molecule has 2 fully saturated rings. The number of rotatable bonds is 3. The smallest absolute Gasteiger partial charge is 0.322 e. The number of carbonyl (C=O) groups is 3. The lowest BCUT2D eigenvalue weighted by Crippen LogP contribution is -2.43. The van der Waals surface area contributed by atoms with E-state index in [0.29, 0.717) is 0 Å². The van der Waals surface area contributed by atoms with Crippen molar-refractivity contribution in [3.8, 4) is 0 Å². The Kier molecular flexibility index (Phi) is 3.07. The minimum absolute atomic E-state index is 0.00792. The highest BCUT2D eigenvalue weighted by atomic mass is 16.2. The first-order valence-electron chi connectivity index (χ1n) is 5.56. The fraction of sp³-hybridized carbons (Fsp3) is 0.700. The van der Waals surface area contributed by atoms with Crippen LogP contribution in [0.25, 0.3) is 0 Å². The Morgan fingerprint density at radius 1 is 1.31 bits per heavy atom. The van der Waals surface area contributed by atoms with E-state index in [1.807, 2.05) is 0 Å². The van der Waals surface area contributed by atoms with Gasteiger partial charge in [-0.3, -0.25) is 14.9 Å². The molecular formula is C10H15N3O3. The van der Waals surface area contributed by atoms with Crippen LogP contribution in [-0.2, 0) is 9.59 Å². The quantitative estimate of drug-likeness (QED) is 0.566. The molecule has 0 aromatic carbocycles. The number of amides is 4. The third kappa shape index (κ3) is 2.32. The molecular weight excluding hydrogens is 210 g/mol. The van der Waals surface area contributed by atoms with Gasteiger partial charge in [0.2, 0.25) is 5.91 Å². The largest absolute Gasteiger partial charge is 0.353 e. The maximum Gasteiger partial charge on any atom is 0.322 e. The molecule has 1 heterocycles. The SMILES string of the molecule is O=C1NC(=O)C(CNC(=O)C2CCCC2)N1. The molecule has 0 aromatic rings. The van der Waals surface area contributed by atoms with E-state index in [9.17, 15) is 14.4 Å². The summed E-state index contributed by atoms with van der Waals surface area (Å²) in [4.78, 5) is 33.6.